The van der Waals surface area contributed by atoms with E-state index in [1.165, 1.54) is 11.8 Å². The second-order valence-electron chi connectivity index (χ2n) is 8.67. The summed E-state index contributed by atoms with van der Waals surface area (Å²) in [5.74, 6) is 1.59. The SMILES string of the molecule is COc1ccc(CN2C(=O)/C(=C/c3cn(CCOc4ccccc4C)c4ccc(Br)cc34)SC2=S)cc1. The van der Waals surface area contributed by atoms with Gasteiger partial charge in [-0.25, -0.2) is 0 Å². The Labute approximate surface area is 234 Å². The van der Waals surface area contributed by atoms with Crippen molar-refractivity contribution >= 4 is 67.1 Å². The highest BCUT2D eigenvalue weighted by atomic mass is 79.9. The van der Waals surface area contributed by atoms with Crippen LogP contribution in [0.3, 0.4) is 0 Å². The van der Waals surface area contributed by atoms with E-state index in [2.05, 4.69) is 38.8 Å². The summed E-state index contributed by atoms with van der Waals surface area (Å²) in [7, 11) is 1.63. The van der Waals surface area contributed by atoms with Gasteiger partial charge in [0.15, 0.2) is 0 Å². The maximum atomic E-state index is 13.3. The second-order valence-corrected chi connectivity index (χ2v) is 11.3. The van der Waals surface area contributed by atoms with Crippen molar-refractivity contribution in [2.45, 2.75) is 20.0 Å². The van der Waals surface area contributed by atoms with E-state index in [4.69, 9.17) is 21.7 Å². The number of aromatic nitrogens is 1. The summed E-state index contributed by atoms with van der Waals surface area (Å²) in [5.41, 5.74) is 4.15. The van der Waals surface area contributed by atoms with Gasteiger partial charge in [0.05, 0.1) is 25.1 Å². The molecule has 0 saturated carbocycles. The predicted octanol–water partition coefficient (Wildman–Crippen LogP) is 7.20. The number of thioether (sulfide) groups is 1. The van der Waals surface area contributed by atoms with Crippen LogP contribution in [0, 0.1) is 6.92 Å². The molecule has 1 amide bonds. The normalized spacial score (nSPS) is 14.7. The van der Waals surface area contributed by atoms with Gasteiger partial charge in [-0.05, 0) is 60.5 Å². The highest BCUT2D eigenvalue weighted by molar-refractivity contribution is 9.10. The minimum absolute atomic E-state index is 0.0791. The topological polar surface area (TPSA) is 43.7 Å². The van der Waals surface area contributed by atoms with Crippen LogP contribution in [0.15, 0.2) is 82.3 Å². The van der Waals surface area contributed by atoms with Crippen molar-refractivity contribution in [2.24, 2.45) is 0 Å². The zero-order valence-corrected chi connectivity index (χ0v) is 23.7. The molecular formula is C29H25BrN2O3S2. The van der Waals surface area contributed by atoms with Crippen LogP contribution in [0.5, 0.6) is 11.5 Å². The van der Waals surface area contributed by atoms with E-state index in [0.717, 1.165) is 43.6 Å². The monoisotopic (exact) mass is 592 g/mol. The molecule has 0 atom stereocenters. The molecule has 188 valence electrons. The molecule has 2 heterocycles. The first-order chi connectivity index (χ1) is 17.9. The largest absolute Gasteiger partial charge is 0.497 e. The number of rotatable bonds is 8. The Hall–Kier alpha value is -3.07. The number of nitrogens with zero attached hydrogens (tertiary/aromatic N) is 2. The van der Waals surface area contributed by atoms with Crippen LogP contribution in [0.4, 0.5) is 0 Å². The van der Waals surface area contributed by atoms with Gasteiger partial charge in [-0.15, -0.1) is 0 Å². The molecule has 0 unspecified atom stereocenters. The smallest absolute Gasteiger partial charge is 0.266 e. The van der Waals surface area contributed by atoms with Crippen LogP contribution in [0.2, 0.25) is 0 Å². The molecular weight excluding hydrogens is 568 g/mol. The molecule has 1 fully saturated rings. The van der Waals surface area contributed by atoms with Crippen LogP contribution in [0.1, 0.15) is 16.7 Å². The van der Waals surface area contributed by atoms with Gasteiger partial charge < -0.3 is 14.0 Å². The van der Waals surface area contributed by atoms with Crippen LogP contribution in [-0.4, -0.2) is 33.4 Å². The van der Waals surface area contributed by atoms with Crippen LogP contribution < -0.4 is 9.47 Å². The molecule has 0 aliphatic carbocycles. The molecule has 1 aliphatic heterocycles. The van der Waals surface area contributed by atoms with Gasteiger partial charge >= 0.3 is 0 Å². The number of hydrogen-bond donors (Lipinski definition) is 0. The molecule has 1 aliphatic rings. The summed E-state index contributed by atoms with van der Waals surface area (Å²) in [5, 5.41) is 1.06. The van der Waals surface area contributed by atoms with Crippen molar-refractivity contribution in [3.63, 3.8) is 0 Å². The van der Waals surface area contributed by atoms with Crippen LogP contribution in [-0.2, 0) is 17.9 Å². The zero-order chi connectivity index (χ0) is 25.9. The fourth-order valence-electron chi connectivity index (χ4n) is 4.26. The Kier molecular flexibility index (Phi) is 7.69. The van der Waals surface area contributed by atoms with Gasteiger partial charge in [-0.1, -0.05) is 70.2 Å². The molecule has 8 heteroatoms. The number of aryl methyl sites for hydroxylation is 1. The summed E-state index contributed by atoms with van der Waals surface area (Å²) >= 11 is 10.5. The van der Waals surface area contributed by atoms with Gasteiger partial charge in [0, 0.05) is 27.1 Å². The van der Waals surface area contributed by atoms with Crippen molar-refractivity contribution in [1.29, 1.82) is 0 Å². The summed E-state index contributed by atoms with van der Waals surface area (Å²) in [4.78, 5) is 15.6. The number of halogens is 1. The highest BCUT2D eigenvalue weighted by Crippen LogP contribution is 2.36. The third-order valence-electron chi connectivity index (χ3n) is 6.22. The summed E-state index contributed by atoms with van der Waals surface area (Å²) in [6.07, 6.45) is 4.02. The minimum Gasteiger partial charge on any atom is -0.497 e. The van der Waals surface area contributed by atoms with Crippen molar-refractivity contribution in [2.75, 3.05) is 13.7 Å². The average Bonchev–Trinajstić information content (AvgIpc) is 3.36. The number of benzene rings is 3. The Morgan fingerprint density at radius 2 is 1.86 bits per heavy atom. The predicted molar refractivity (Wildman–Crippen MR) is 158 cm³/mol. The Balaban J connectivity index is 1.38. The number of para-hydroxylation sites is 1. The van der Waals surface area contributed by atoms with E-state index in [0.29, 0.717) is 28.9 Å². The molecule has 5 nitrogen and oxygen atoms in total. The number of amides is 1. The molecule has 0 spiro atoms. The first kappa shape index (κ1) is 25.6. The number of hydrogen-bond acceptors (Lipinski definition) is 5. The van der Waals surface area contributed by atoms with Crippen LogP contribution in [0.25, 0.3) is 17.0 Å². The summed E-state index contributed by atoms with van der Waals surface area (Å²) in [6, 6.07) is 21.9. The number of fused-ring (bicyclic) bond motifs is 1. The van der Waals surface area contributed by atoms with Gasteiger partial charge in [-0.2, -0.15) is 0 Å². The van der Waals surface area contributed by atoms with E-state index in [9.17, 15) is 4.79 Å². The molecule has 5 rings (SSSR count). The van der Waals surface area contributed by atoms with Gasteiger partial charge in [-0.3, -0.25) is 9.69 Å². The standard InChI is InChI=1S/C29H25BrN2O3S2/c1-19-5-3-4-6-26(19)35-14-13-31-18-21(24-16-22(30)9-12-25(24)31)15-27-28(33)32(29(36)37-27)17-20-7-10-23(34-2)11-8-20/h3-12,15-16,18H,13-14,17H2,1-2H3/b27-15-. The third-order valence-corrected chi connectivity index (χ3v) is 8.09. The lowest BCUT2D eigenvalue weighted by Crippen LogP contribution is -2.27. The maximum absolute atomic E-state index is 13.3. The van der Waals surface area contributed by atoms with Crippen LogP contribution >= 0.6 is 39.9 Å². The molecule has 0 bridgehead atoms. The molecule has 1 saturated heterocycles. The molecule has 37 heavy (non-hydrogen) atoms. The number of methoxy groups -OCH3 is 1. The Morgan fingerprint density at radius 3 is 2.62 bits per heavy atom. The van der Waals surface area contributed by atoms with Gasteiger partial charge in [0.25, 0.3) is 5.91 Å². The lowest BCUT2D eigenvalue weighted by atomic mass is 10.1. The lowest BCUT2D eigenvalue weighted by molar-refractivity contribution is -0.122. The minimum atomic E-state index is -0.0791. The maximum Gasteiger partial charge on any atom is 0.266 e. The van der Waals surface area contributed by atoms with Crippen molar-refractivity contribution in [3.05, 3.63) is 99.0 Å². The molecule has 3 aromatic carbocycles. The summed E-state index contributed by atoms with van der Waals surface area (Å²) < 4.78 is 15.0. The van der Waals surface area contributed by atoms with E-state index in [-0.39, 0.29) is 5.91 Å². The van der Waals surface area contributed by atoms with E-state index < -0.39 is 0 Å². The second kappa shape index (κ2) is 11.1. The third kappa shape index (κ3) is 5.61. The van der Waals surface area contributed by atoms with Crippen molar-refractivity contribution in [3.8, 4) is 11.5 Å². The lowest BCUT2D eigenvalue weighted by Gasteiger charge is -2.14. The van der Waals surface area contributed by atoms with E-state index in [1.54, 1.807) is 12.0 Å². The quantitative estimate of drug-likeness (QED) is 0.160. The molecule has 1 aromatic heterocycles. The van der Waals surface area contributed by atoms with E-state index in [1.807, 2.05) is 67.6 Å². The highest BCUT2D eigenvalue weighted by Gasteiger charge is 2.32. The van der Waals surface area contributed by atoms with Crippen molar-refractivity contribution in [1.82, 2.24) is 9.47 Å². The first-order valence-corrected chi connectivity index (χ1v) is 13.8. The number of carbonyl (C=O) groups is 1. The fraction of sp³-hybridized carbons (Fsp3) is 0.172. The Morgan fingerprint density at radius 1 is 1.08 bits per heavy atom. The first-order valence-electron chi connectivity index (χ1n) is 11.8. The van der Waals surface area contributed by atoms with Gasteiger partial charge in [0.1, 0.15) is 22.4 Å². The van der Waals surface area contributed by atoms with Gasteiger partial charge in [0.2, 0.25) is 0 Å². The number of carbonyl (C=O) groups excluding carboxylic acids is 1. The van der Waals surface area contributed by atoms with Crippen molar-refractivity contribution < 1.29 is 14.3 Å². The fourth-order valence-corrected chi connectivity index (χ4v) is 5.87. The van der Waals surface area contributed by atoms with E-state index >= 15 is 0 Å². The summed E-state index contributed by atoms with van der Waals surface area (Å²) in [6.45, 7) is 3.68. The molecule has 0 N–H and O–H groups in total. The number of thiocarbonyl (C=S) groups is 1. The Bertz CT molecular complexity index is 1510. The molecule has 0 radical (unpaired) electrons. The number of ether oxygens (including phenoxy) is 2. The average molecular weight is 594 g/mol. The zero-order valence-electron chi connectivity index (χ0n) is 20.4. The molecule has 4 aromatic rings.